The van der Waals surface area contributed by atoms with Crippen molar-refractivity contribution >= 4 is 45.2 Å². The van der Waals surface area contributed by atoms with Crippen LogP contribution < -0.4 is 0 Å². The fourth-order valence-corrected chi connectivity index (χ4v) is 4.22. The second-order valence-corrected chi connectivity index (χ2v) is 7.79. The number of ketones is 1. The predicted octanol–water partition coefficient (Wildman–Crippen LogP) is 6.17. The van der Waals surface area contributed by atoms with E-state index in [1.807, 2.05) is 35.0 Å². The number of para-hydroxylation sites is 1. The van der Waals surface area contributed by atoms with Crippen LogP contribution in [-0.4, -0.2) is 27.9 Å². The molecule has 0 saturated heterocycles. The van der Waals surface area contributed by atoms with Gasteiger partial charge in [-0.2, -0.15) is 0 Å². The van der Waals surface area contributed by atoms with Crippen LogP contribution in [0.15, 0.2) is 79.0 Å². The summed E-state index contributed by atoms with van der Waals surface area (Å²) in [5.74, 6) is -0.554. The summed E-state index contributed by atoms with van der Waals surface area (Å²) in [7, 11) is 0. The molecule has 5 rings (SSSR count). The number of hydrogen-bond acceptors (Lipinski definition) is 3. The molecule has 0 amide bonds. The molecular weight excluding hydrogens is 424 g/mol. The fourth-order valence-electron chi connectivity index (χ4n) is 4.00. The van der Waals surface area contributed by atoms with Gasteiger partial charge in [-0.05, 0) is 49.4 Å². The summed E-state index contributed by atoms with van der Waals surface area (Å²) < 4.78 is 6.91. The minimum absolute atomic E-state index is 0.176. The second kappa shape index (κ2) is 8.02. The molecule has 0 fully saturated rings. The van der Waals surface area contributed by atoms with Crippen LogP contribution in [0.2, 0.25) is 5.02 Å². The SMILES string of the molecule is CCOC(=O)c1ccc(-n2cc3[nH]c4ccccc4c3c2C(=O)c2ccccc2Cl)cc1. The lowest BCUT2D eigenvalue weighted by molar-refractivity contribution is 0.0526. The van der Waals surface area contributed by atoms with Gasteiger partial charge in [0.15, 0.2) is 0 Å². The maximum absolute atomic E-state index is 13.7. The third-order valence-corrected chi connectivity index (χ3v) is 5.79. The first kappa shape index (κ1) is 20.1. The van der Waals surface area contributed by atoms with E-state index < -0.39 is 0 Å². The van der Waals surface area contributed by atoms with E-state index >= 15 is 0 Å². The number of esters is 1. The molecule has 32 heavy (non-hydrogen) atoms. The van der Waals surface area contributed by atoms with Crippen LogP contribution in [0.25, 0.3) is 27.5 Å². The molecule has 0 unspecified atom stereocenters. The topological polar surface area (TPSA) is 64.1 Å². The number of ether oxygens (including phenoxy) is 1. The highest BCUT2D eigenvalue weighted by atomic mass is 35.5. The number of benzene rings is 3. The molecule has 0 bridgehead atoms. The van der Waals surface area contributed by atoms with E-state index in [9.17, 15) is 9.59 Å². The molecule has 0 aliphatic rings. The maximum Gasteiger partial charge on any atom is 0.338 e. The van der Waals surface area contributed by atoms with Crippen molar-refractivity contribution in [2.24, 2.45) is 0 Å². The first-order valence-corrected chi connectivity index (χ1v) is 10.6. The zero-order chi connectivity index (χ0) is 22.2. The molecular formula is C26H19ClN2O3. The number of nitrogens with one attached hydrogen (secondary N) is 1. The summed E-state index contributed by atoms with van der Waals surface area (Å²) in [5.41, 5.74) is 3.95. The van der Waals surface area contributed by atoms with Gasteiger partial charge < -0.3 is 14.3 Å². The molecule has 0 spiro atoms. The summed E-state index contributed by atoms with van der Waals surface area (Å²) in [6.45, 7) is 2.08. The van der Waals surface area contributed by atoms with Crippen molar-refractivity contribution in [3.8, 4) is 5.69 Å². The third-order valence-electron chi connectivity index (χ3n) is 5.46. The Morgan fingerprint density at radius 3 is 2.41 bits per heavy atom. The van der Waals surface area contributed by atoms with E-state index in [-0.39, 0.29) is 11.8 Å². The Hall–Kier alpha value is -3.83. The van der Waals surface area contributed by atoms with Crippen LogP contribution in [-0.2, 0) is 4.74 Å². The predicted molar refractivity (Wildman–Crippen MR) is 126 cm³/mol. The van der Waals surface area contributed by atoms with E-state index in [0.29, 0.717) is 28.5 Å². The first-order valence-electron chi connectivity index (χ1n) is 10.3. The number of aromatic amines is 1. The van der Waals surface area contributed by atoms with Gasteiger partial charge in [-0.15, -0.1) is 0 Å². The Morgan fingerprint density at radius 2 is 1.66 bits per heavy atom. The van der Waals surface area contributed by atoms with E-state index in [1.165, 1.54) is 0 Å². The molecule has 3 aromatic carbocycles. The number of carbonyl (C=O) groups excluding carboxylic acids is 2. The van der Waals surface area contributed by atoms with Gasteiger partial charge in [-0.25, -0.2) is 4.79 Å². The van der Waals surface area contributed by atoms with Crippen LogP contribution >= 0.6 is 11.6 Å². The van der Waals surface area contributed by atoms with Gasteiger partial charge in [0.1, 0.15) is 5.69 Å². The highest BCUT2D eigenvalue weighted by Gasteiger charge is 2.24. The van der Waals surface area contributed by atoms with Crippen LogP contribution in [0.3, 0.4) is 0 Å². The molecule has 5 aromatic rings. The van der Waals surface area contributed by atoms with Gasteiger partial charge in [0.05, 0.1) is 22.7 Å². The van der Waals surface area contributed by atoms with Crippen molar-refractivity contribution in [1.29, 1.82) is 0 Å². The maximum atomic E-state index is 13.7. The molecule has 2 aromatic heterocycles. The molecule has 0 atom stereocenters. The number of aromatic nitrogens is 2. The average Bonchev–Trinajstić information content (AvgIpc) is 3.35. The van der Waals surface area contributed by atoms with Gasteiger partial charge >= 0.3 is 5.97 Å². The molecule has 1 N–H and O–H groups in total. The molecule has 0 radical (unpaired) electrons. The smallest absolute Gasteiger partial charge is 0.338 e. The van der Waals surface area contributed by atoms with E-state index in [2.05, 4.69) is 4.98 Å². The summed E-state index contributed by atoms with van der Waals surface area (Å²) >= 11 is 6.37. The van der Waals surface area contributed by atoms with Crippen molar-refractivity contribution in [1.82, 2.24) is 9.55 Å². The Balaban J connectivity index is 1.73. The Kier molecular flexibility index (Phi) is 5.04. The summed E-state index contributed by atoms with van der Waals surface area (Å²) in [4.78, 5) is 29.2. The summed E-state index contributed by atoms with van der Waals surface area (Å²) in [5, 5.41) is 2.19. The standard InChI is InChI=1S/C26H19ClN2O3/c1-2-32-26(31)16-11-13-17(14-12-16)29-15-22-23(19-8-4-6-10-21(19)28-22)24(29)25(30)18-7-3-5-9-20(18)27/h3-15,28H,2H2,1H3. The zero-order valence-corrected chi connectivity index (χ0v) is 18.0. The quantitative estimate of drug-likeness (QED) is 0.261. The van der Waals surface area contributed by atoms with E-state index in [4.69, 9.17) is 16.3 Å². The zero-order valence-electron chi connectivity index (χ0n) is 17.3. The van der Waals surface area contributed by atoms with Crippen LogP contribution in [0.4, 0.5) is 0 Å². The normalized spacial score (nSPS) is 11.2. The molecule has 0 aliphatic carbocycles. The number of fused-ring (bicyclic) bond motifs is 3. The third kappa shape index (κ3) is 3.27. The van der Waals surface area contributed by atoms with Gasteiger partial charge in [0.2, 0.25) is 5.78 Å². The van der Waals surface area contributed by atoms with Crippen LogP contribution in [0, 0.1) is 0 Å². The highest BCUT2D eigenvalue weighted by molar-refractivity contribution is 6.36. The molecule has 158 valence electrons. The van der Waals surface area contributed by atoms with Crippen molar-refractivity contribution in [3.05, 3.63) is 101 Å². The van der Waals surface area contributed by atoms with Gasteiger partial charge in [0.25, 0.3) is 0 Å². The van der Waals surface area contributed by atoms with Gasteiger partial charge in [-0.1, -0.05) is 41.9 Å². The lowest BCUT2D eigenvalue weighted by atomic mass is 10.0. The van der Waals surface area contributed by atoms with Crippen molar-refractivity contribution in [3.63, 3.8) is 0 Å². The minimum Gasteiger partial charge on any atom is -0.462 e. The Morgan fingerprint density at radius 1 is 0.938 bits per heavy atom. The summed E-state index contributed by atoms with van der Waals surface area (Å²) in [6.07, 6.45) is 1.90. The lowest BCUT2D eigenvalue weighted by Crippen LogP contribution is -2.10. The summed E-state index contributed by atoms with van der Waals surface area (Å²) in [6, 6.07) is 21.9. The fraction of sp³-hybridized carbons (Fsp3) is 0.0769. The van der Waals surface area contributed by atoms with E-state index in [0.717, 1.165) is 27.5 Å². The largest absolute Gasteiger partial charge is 0.462 e. The van der Waals surface area contributed by atoms with Crippen molar-refractivity contribution in [2.45, 2.75) is 6.92 Å². The number of halogens is 1. The molecule has 0 aliphatic heterocycles. The van der Waals surface area contributed by atoms with E-state index in [1.54, 1.807) is 55.5 Å². The first-order chi connectivity index (χ1) is 15.6. The number of hydrogen-bond donors (Lipinski definition) is 1. The van der Waals surface area contributed by atoms with Crippen LogP contribution in [0.5, 0.6) is 0 Å². The van der Waals surface area contributed by atoms with Crippen molar-refractivity contribution in [2.75, 3.05) is 6.61 Å². The lowest BCUT2D eigenvalue weighted by Gasteiger charge is -2.11. The molecule has 0 saturated carbocycles. The van der Waals surface area contributed by atoms with Crippen molar-refractivity contribution < 1.29 is 14.3 Å². The molecule has 6 heteroatoms. The molecule has 2 heterocycles. The van der Waals surface area contributed by atoms with Crippen LogP contribution in [0.1, 0.15) is 33.3 Å². The number of H-pyrrole nitrogens is 1. The number of nitrogens with zero attached hydrogens (tertiary/aromatic N) is 1. The molecule has 5 nitrogen and oxygen atoms in total. The minimum atomic E-state index is -0.378. The highest BCUT2D eigenvalue weighted by Crippen LogP contribution is 2.34. The Bertz CT molecular complexity index is 1480. The Labute approximate surface area is 189 Å². The number of carbonyl (C=O) groups is 2. The van der Waals surface area contributed by atoms with Gasteiger partial charge in [0, 0.05) is 33.7 Å². The second-order valence-electron chi connectivity index (χ2n) is 7.38. The van der Waals surface area contributed by atoms with Gasteiger partial charge in [-0.3, -0.25) is 4.79 Å². The monoisotopic (exact) mass is 442 g/mol. The average molecular weight is 443 g/mol. The number of rotatable bonds is 5.